The number of hydrogen-bond acceptors (Lipinski definition) is 2. The minimum atomic E-state index is 0.808. The van der Waals surface area contributed by atoms with Crippen LogP contribution in [0.4, 0.5) is 0 Å². The van der Waals surface area contributed by atoms with Crippen molar-refractivity contribution >= 4 is 28.1 Å². The summed E-state index contributed by atoms with van der Waals surface area (Å²) in [7, 11) is 0. The molecular weight excluding hydrogens is 336 g/mol. The van der Waals surface area contributed by atoms with Crippen LogP contribution in [0.25, 0.3) is 11.0 Å². The number of imidazole rings is 1. The summed E-state index contributed by atoms with van der Waals surface area (Å²) in [5, 5.41) is 0. The monoisotopic (exact) mass is 372 g/mol. The second-order valence-corrected chi connectivity index (χ2v) is 8.13. The molecule has 0 saturated heterocycles. The molecule has 2 rings (SSSR count). The van der Waals surface area contributed by atoms with Gasteiger partial charge in [0, 0.05) is 11.3 Å². The van der Waals surface area contributed by atoms with Gasteiger partial charge in [-0.15, -0.1) is 0 Å². The quantitative estimate of drug-likeness (QED) is 0.258. The molecule has 0 bridgehead atoms. The molecule has 1 aromatic carbocycles. The molecule has 26 heavy (non-hydrogen) atoms. The summed E-state index contributed by atoms with van der Waals surface area (Å²) in [4.78, 5) is 9.13. The van der Waals surface area contributed by atoms with Crippen LogP contribution >= 0.6 is 12.2 Å². The SMILES string of the molecule is CCCCCCCCCCCCCCC(=S)Cc1nc2ccccc2[nH]1. The lowest BCUT2D eigenvalue weighted by Gasteiger charge is -2.04. The maximum absolute atomic E-state index is 5.56. The van der Waals surface area contributed by atoms with Gasteiger partial charge in [-0.3, -0.25) is 0 Å². The Labute approximate surface area is 165 Å². The van der Waals surface area contributed by atoms with E-state index < -0.39 is 0 Å². The van der Waals surface area contributed by atoms with Gasteiger partial charge in [0.2, 0.25) is 0 Å². The van der Waals surface area contributed by atoms with Gasteiger partial charge in [-0.2, -0.15) is 0 Å². The van der Waals surface area contributed by atoms with Gasteiger partial charge in [0.25, 0.3) is 0 Å². The molecule has 0 aliphatic carbocycles. The molecule has 3 heteroatoms. The van der Waals surface area contributed by atoms with Crippen LogP contribution in [0, 0.1) is 0 Å². The van der Waals surface area contributed by atoms with E-state index in [9.17, 15) is 0 Å². The molecule has 144 valence electrons. The van der Waals surface area contributed by atoms with Crippen molar-refractivity contribution in [2.45, 2.75) is 96.8 Å². The van der Waals surface area contributed by atoms with E-state index >= 15 is 0 Å². The van der Waals surface area contributed by atoms with Crippen molar-refractivity contribution < 1.29 is 0 Å². The van der Waals surface area contributed by atoms with E-state index in [1.54, 1.807) is 0 Å². The van der Waals surface area contributed by atoms with E-state index in [-0.39, 0.29) is 0 Å². The molecule has 0 spiro atoms. The average molecular weight is 373 g/mol. The number of para-hydroxylation sites is 2. The molecule has 0 aliphatic rings. The van der Waals surface area contributed by atoms with Crippen molar-refractivity contribution in [1.82, 2.24) is 9.97 Å². The zero-order valence-electron chi connectivity index (χ0n) is 16.6. The van der Waals surface area contributed by atoms with E-state index in [2.05, 4.69) is 23.0 Å². The standard InChI is InChI=1S/C23H36N2S/c1-2-3-4-5-6-7-8-9-10-11-12-13-16-20(26)19-23-24-21-17-14-15-18-22(21)25-23/h14-15,17-18H,2-13,16,19H2,1H3,(H,24,25). The second kappa shape index (κ2) is 13.0. The van der Waals surface area contributed by atoms with Gasteiger partial charge >= 0.3 is 0 Å². The molecule has 2 nitrogen and oxygen atoms in total. The van der Waals surface area contributed by atoms with Gasteiger partial charge in [-0.1, -0.05) is 102 Å². The number of benzene rings is 1. The number of unbranched alkanes of at least 4 members (excludes halogenated alkanes) is 11. The van der Waals surface area contributed by atoms with E-state index in [0.29, 0.717) is 0 Å². The fourth-order valence-corrected chi connectivity index (χ4v) is 3.81. The number of fused-ring (bicyclic) bond motifs is 1. The van der Waals surface area contributed by atoms with Gasteiger partial charge in [-0.25, -0.2) is 4.98 Å². The van der Waals surface area contributed by atoms with Gasteiger partial charge in [0.1, 0.15) is 5.82 Å². The van der Waals surface area contributed by atoms with Gasteiger partial charge < -0.3 is 4.98 Å². The number of aromatic amines is 1. The zero-order chi connectivity index (χ0) is 18.5. The van der Waals surface area contributed by atoms with Crippen molar-refractivity contribution in [2.24, 2.45) is 0 Å². The summed E-state index contributed by atoms with van der Waals surface area (Å²) in [6.45, 7) is 2.28. The smallest absolute Gasteiger partial charge is 0.112 e. The van der Waals surface area contributed by atoms with Crippen molar-refractivity contribution in [1.29, 1.82) is 0 Å². The van der Waals surface area contributed by atoms with E-state index in [4.69, 9.17) is 12.2 Å². The number of thiocarbonyl (C=S) groups is 1. The first-order valence-corrected chi connectivity index (χ1v) is 11.2. The number of rotatable bonds is 15. The largest absolute Gasteiger partial charge is 0.342 e. The Morgan fingerprint density at radius 1 is 0.846 bits per heavy atom. The molecule has 0 radical (unpaired) electrons. The molecule has 0 fully saturated rings. The zero-order valence-corrected chi connectivity index (χ0v) is 17.4. The molecule has 0 saturated carbocycles. The molecule has 0 amide bonds. The van der Waals surface area contributed by atoms with Crippen LogP contribution in [0.1, 0.15) is 96.2 Å². The summed E-state index contributed by atoms with van der Waals surface area (Å²) < 4.78 is 0. The number of aromatic nitrogens is 2. The van der Waals surface area contributed by atoms with Crippen LogP contribution in [0.2, 0.25) is 0 Å². The Morgan fingerprint density at radius 3 is 2.04 bits per heavy atom. The number of nitrogens with zero attached hydrogens (tertiary/aromatic N) is 1. The molecule has 1 N–H and O–H groups in total. The molecule has 0 aliphatic heterocycles. The normalized spacial score (nSPS) is 11.3. The summed E-state index contributed by atoms with van der Waals surface area (Å²) in [5.41, 5.74) is 2.14. The lowest BCUT2D eigenvalue weighted by molar-refractivity contribution is 0.546. The third-order valence-electron chi connectivity index (χ3n) is 5.11. The molecule has 0 atom stereocenters. The Bertz CT molecular complexity index is 599. The third kappa shape index (κ3) is 8.44. The second-order valence-electron chi connectivity index (χ2n) is 7.56. The predicted octanol–water partition coefficient (Wildman–Crippen LogP) is 7.57. The fourth-order valence-electron chi connectivity index (χ4n) is 3.53. The molecule has 1 heterocycles. The minimum Gasteiger partial charge on any atom is -0.342 e. The average Bonchev–Trinajstić information content (AvgIpc) is 3.04. The highest BCUT2D eigenvalue weighted by Crippen LogP contribution is 2.14. The first kappa shape index (κ1) is 21.1. The highest BCUT2D eigenvalue weighted by atomic mass is 32.1. The summed E-state index contributed by atoms with van der Waals surface area (Å²) in [5.74, 6) is 1.01. The van der Waals surface area contributed by atoms with Crippen LogP contribution in [-0.4, -0.2) is 14.8 Å². The number of nitrogens with one attached hydrogen (secondary N) is 1. The Hall–Kier alpha value is -1.22. The van der Waals surface area contributed by atoms with Crippen molar-refractivity contribution in [3.63, 3.8) is 0 Å². The van der Waals surface area contributed by atoms with E-state index in [1.165, 1.54) is 77.0 Å². The molecular formula is C23H36N2S. The van der Waals surface area contributed by atoms with Crippen LogP contribution in [0.5, 0.6) is 0 Å². The summed E-state index contributed by atoms with van der Waals surface area (Å²) in [6, 6.07) is 8.18. The highest BCUT2D eigenvalue weighted by Gasteiger charge is 2.05. The molecule has 1 aromatic heterocycles. The Morgan fingerprint density at radius 2 is 1.42 bits per heavy atom. The Balaban J connectivity index is 1.44. The van der Waals surface area contributed by atoms with Crippen LogP contribution in [-0.2, 0) is 6.42 Å². The fraction of sp³-hybridized carbons (Fsp3) is 0.652. The van der Waals surface area contributed by atoms with Crippen molar-refractivity contribution in [3.05, 3.63) is 30.1 Å². The van der Waals surface area contributed by atoms with Gasteiger partial charge in [-0.05, 0) is 25.0 Å². The lowest BCUT2D eigenvalue weighted by Crippen LogP contribution is -2.01. The van der Waals surface area contributed by atoms with Crippen LogP contribution < -0.4 is 0 Å². The van der Waals surface area contributed by atoms with Crippen LogP contribution in [0.3, 0.4) is 0 Å². The van der Waals surface area contributed by atoms with Crippen LogP contribution in [0.15, 0.2) is 24.3 Å². The maximum atomic E-state index is 5.56. The first-order valence-electron chi connectivity index (χ1n) is 10.7. The summed E-state index contributed by atoms with van der Waals surface area (Å²) in [6.07, 6.45) is 18.5. The first-order chi connectivity index (χ1) is 12.8. The number of H-pyrrole nitrogens is 1. The highest BCUT2D eigenvalue weighted by molar-refractivity contribution is 7.80. The van der Waals surface area contributed by atoms with Crippen molar-refractivity contribution in [3.8, 4) is 0 Å². The Kier molecular flexibility index (Phi) is 10.6. The molecule has 2 aromatic rings. The van der Waals surface area contributed by atoms with Gasteiger partial charge in [0.15, 0.2) is 0 Å². The van der Waals surface area contributed by atoms with Crippen molar-refractivity contribution in [2.75, 3.05) is 0 Å². The van der Waals surface area contributed by atoms with E-state index in [1.807, 2.05) is 18.2 Å². The number of hydrogen-bond donors (Lipinski definition) is 1. The van der Waals surface area contributed by atoms with Gasteiger partial charge in [0.05, 0.1) is 11.0 Å². The molecule has 0 unspecified atom stereocenters. The lowest BCUT2D eigenvalue weighted by atomic mass is 10.0. The topological polar surface area (TPSA) is 28.7 Å². The van der Waals surface area contributed by atoms with E-state index in [0.717, 1.165) is 34.6 Å². The maximum Gasteiger partial charge on any atom is 0.112 e. The summed E-state index contributed by atoms with van der Waals surface area (Å²) >= 11 is 5.56. The predicted molar refractivity (Wildman–Crippen MR) is 118 cm³/mol. The minimum absolute atomic E-state index is 0.808. The third-order valence-corrected chi connectivity index (χ3v) is 5.46.